The van der Waals surface area contributed by atoms with Gasteiger partial charge in [-0.25, -0.2) is 0 Å². The van der Waals surface area contributed by atoms with Crippen LogP contribution in [0.25, 0.3) is 0 Å². The first kappa shape index (κ1) is 16.0. The fourth-order valence-electron chi connectivity index (χ4n) is 2.56. The lowest BCUT2D eigenvalue weighted by Gasteiger charge is -2.21. The fraction of sp³-hybridized carbons (Fsp3) is 0.571. The van der Waals surface area contributed by atoms with Crippen molar-refractivity contribution in [2.45, 2.75) is 52.3 Å². The number of rotatable bonds is 5. The molecule has 0 bridgehead atoms. The van der Waals surface area contributed by atoms with Gasteiger partial charge in [0.25, 0.3) is 0 Å². The Labute approximate surface area is 112 Å². The van der Waals surface area contributed by atoms with Crippen LogP contribution < -0.4 is 11.3 Å². The van der Waals surface area contributed by atoms with E-state index in [0.29, 0.717) is 6.42 Å². The molecule has 0 spiro atoms. The topological polar surface area (TPSA) is 38.0 Å². The van der Waals surface area contributed by atoms with Crippen molar-refractivity contribution >= 4 is 0 Å². The van der Waals surface area contributed by atoms with Gasteiger partial charge in [-0.05, 0) is 50.3 Å². The van der Waals surface area contributed by atoms with E-state index in [2.05, 4.69) is 5.43 Å². The van der Waals surface area contributed by atoms with Gasteiger partial charge in [0.1, 0.15) is 0 Å². The number of aryl methyl sites for hydroxylation is 3. The van der Waals surface area contributed by atoms with Crippen LogP contribution in [0, 0.1) is 20.8 Å². The molecule has 0 fully saturated rings. The van der Waals surface area contributed by atoms with E-state index in [1.807, 2.05) is 32.9 Å². The van der Waals surface area contributed by atoms with Crippen molar-refractivity contribution in [1.29, 1.82) is 0 Å². The molecule has 1 aromatic carbocycles. The van der Waals surface area contributed by atoms with Crippen LogP contribution in [0.4, 0.5) is 13.2 Å². The van der Waals surface area contributed by atoms with Crippen LogP contribution in [-0.4, -0.2) is 6.18 Å². The third-order valence-corrected chi connectivity index (χ3v) is 3.24. The molecular formula is C14H21F3N2. The zero-order valence-corrected chi connectivity index (χ0v) is 11.6. The summed E-state index contributed by atoms with van der Waals surface area (Å²) >= 11 is 0. The molecule has 1 rings (SSSR count). The third kappa shape index (κ3) is 4.84. The van der Waals surface area contributed by atoms with E-state index in [4.69, 9.17) is 5.84 Å². The quantitative estimate of drug-likeness (QED) is 0.632. The van der Waals surface area contributed by atoms with Crippen molar-refractivity contribution in [3.05, 3.63) is 34.4 Å². The Morgan fingerprint density at radius 1 is 1.16 bits per heavy atom. The highest BCUT2D eigenvalue weighted by Crippen LogP contribution is 2.29. The summed E-state index contributed by atoms with van der Waals surface area (Å²) in [5.41, 5.74) is 6.92. The van der Waals surface area contributed by atoms with Gasteiger partial charge in [0.05, 0.1) is 0 Å². The lowest BCUT2D eigenvalue weighted by molar-refractivity contribution is -0.135. The minimum Gasteiger partial charge on any atom is -0.271 e. The number of benzene rings is 1. The Bertz CT molecular complexity index is 404. The lowest BCUT2D eigenvalue weighted by atomic mass is 9.91. The zero-order chi connectivity index (χ0) is 14.6. The molecule has 19 heavy (non-hydrogen) atoms. The number of nitrogens with one attached hydrogen (secondary N) is 1. The average Bonchev–Trinajstić information content (AvgIpc) is 2.23. The number of hydrogen-bond acceptors (Lipinski definition) is 2. The molecule has 0 aliphatic rings. The Balaban J connectivity index is 2.80. The minimum atomic E-state index is -4.10. The Morgan fingerprint density at radius 3 is 2.11 bits per heavy atom. The van der Waals surface area contributed by atoms with Crippen molar-refractivity contribution in [3.8, 4) is 0 Å². The van der Waals surface area contributed by atoms with Crippen LogP contribution in [0.2, 0.25) is 0 Å². The monoisotopic (exact) mass is 274 g/mol. The second-order valence-corrected chi connectivity index (χ2v) is 5.04. The van der Waals surface area contributed by atoms with Crippen molar-refractivity contribution < 1.29 is 13.2 Å². The summed E-state index contributed by atoms with van der Waals surface area (Å²) in [6.45, 7) is 5.92. The summed E-state index contributed by atoms with van der Waals surface area (Å²) in [7, 11) is 0. The highest BCUT2D eigenvalue weighted by Gasteiger charge is 2.27. The van der Waals surface area contributed by atoms with E-state index in [1.54, 1.807) is 0 Å². The van der Waals surface area contributed by atoms with Crippen LogP contribution in [0.15, 0.2) is 12.1 Å². The van der Waals surface area contributed by atoms with Crippen molar-refractivity contribution in [2.75, 3.05) is 0 Å². The molecular weight excluding hydrogens is 253 g/mol. The Morgan fingerprint density at radius 2 is 1.68 bits per heavy atom. The van der Waals surface area contributed by atoms with Gasteiger partial charge in [-0.3, -0.25) is 11.3 Å². The van der Waals surface area contributed by atoms with E-state index >= 15 is 0 Å². The molecule has 2 nitrogen and oxygen atoms in total. The molecule has 1 atom stereocenters. The summed E-state index contributed by atoms with van der Waals surface area (Å²) < 4.78 is 36.5. The summed E-state index contributed by atoms with van der Waals surface area (Å²) in [5.74, 6) is 5.50. The molecule has 1 aromatic rings. The largest absolute Gasteiger partial charge is 0.389 e. The van der Waals surface area contributed by atoms with Gasteiger partial charge in [0.2, 0.25) is 0 Å². The zero-order valence-electron chi connectivity index (χ0n) is 11.6. The van der Waals surface area contributed by atoms with Crippen LogP contribution >= 0.6 is 0 Å². The predicted molar refractivity (Wildman–Crippen MR) is 70.6 cm³/mol. The molecule has 0 aliphatic carbocycles. The Hall–Kier alpha value is -1.07. The van der Waals surface area contributed by atoms with E-state index < -0.39 is 12.6 Å². The number of alkyl halides is 3. The SMILES string of the molecule is Cc1cc(C)c(C(CCCC(F)(F)F)NN)c(C)c1. The molecule has 0 aromatic heterocycles. The number of hydrogen-bond donors (Lipinski definition) is 2. The average molecular weight is 274 g/mol. The van der Waals surface area contributed by atoms with Gasteiger partial charge in [0.15, 0.2) is 0 Å². The molecule has 0 radical (unpaired) electrons. The maximum Gasteiger partial charge on any atom is 0.389 e. The van der Waals surface area contributed by atoms with Gasteiger partial charge < -0.3 is 0 Å². The lowest BCUT2D eigenvalue weighted by Crippen LogP contribution is -2.29. The number of halogens is 3. The first-order chi connectivity index (χ1) is 8.74. The highest BCUT2D eigenvalue weighted by atomic mass is 19.4. The standard InChI is InChI=1S/C14H21F3N2/c1-9-7-10(2)13(11(3)8-9)12(19-18)5-4-6-14(15,16)17/h7-8,12,19H,4-6,18H2,1-3H3. The van der Waals surface area contributed by atoms with Crippen LogP contribution in [0.5, 0.6) is 0 Å². The molecule has 5 heteroatoms. The first-order valence-electron chi connectivity index (χ1n) is 6.35. The molecule has 3 N–H and O–H groups in total. The number of nitrogens with two attached hydrogens (primary N) is 1. The summed E-state index contributed by atoms with van der Waals surface area (Å²) in [6, 6.07) is 3.82. The maximum atomic E-state index is 12.2. The van der Waals surface area contributed by atoms with E-state index in [0.717, 1.165) is 22.3 Å². The molecule has 0 amide bonds. The smallest absolute Gasteiger partial charge is 0.271 e. The summed E-state index contributed by atoms with van der Waals surface area (Å²) in [5, 5.41) is 0. The first-order valence-corrected chi connectivity index (χ1v) is 6.35. The van der Waals surface area contributed by atoms with E-state index in [9.17, 15) is 13.2 Å². The second kappa shape index (κ2) is 6.39. The van der Waals surface area contributed by atoms with Gasteiger partial charge >= 0.3 is 6.18 Å². The number of hydrazine groups is 1. The second-order valence-electron chi connectivity index (χ2n) is 5.04. The normalized spacial score (nSPS) is 13.6. The molecule has 0 saturated heterocycles. The van der Waals surface area contributed by atoms with Crippen molar-refractivity contribution in [1.82, 2.24) is 5.43 Å². The van der Waals surface area contributed by atoms with Crippen LogP contribution in [-0.2, 0) is 0 Å². The Kier molecular flexibility index (Phi) is 5.38. The molecule has 0 aliphatic heterocycles. The van der Waals surface area contributed by atoms with Crippen LogP contribution in [0.1, 0.15) is 47.6 Å². The van der Waals surface area contributed by atoms with E-state index in [-0.39, 0.29) is 12.5 Å². The van der Waals surface area contributed by atoms with E-state index in [1.165, 1.54) is 0 Å². The predicted octanol–water partition coefficient (Wildman–Crippen LogP) is 3.85. The summed E-state index contributed by atoms with van der Waals surface area (Å²) in [4.78, 5) is 0. The van der Waals surface area contributed by atoms with Gasteiger partial charge in [-0.15, -0.1) is 0 Å². The fourth-order valence-corrected chi connectivity index (χ4v) is 2.56. The van der Waals surface area contributed by atoms with Gasteiger partial charge in [-0.1, -0.05) is 17.7 Å². The van der Waals surface area contributed by atoms with Crippen molar-refractivity contribution in [2.24, 2.45) is 5.84 Å². The third-order valence-electron chi connectivity index (χ3n) is 3.24. The summed E-state index contributed by atoms with van der Waals surface area (Å²) in [6.07, 6.45) is -4.42. The van der Waals surface area contributed by atoms with Crippen molar-refractivity contribution in [3.63, 3.8) is 0 Å². The molecule has 0 heterocycles. The maximum absolute atomic E-state index is 12.2. The molecule has 0 saturated carbocycles. The minimum absolute atomic E-state index is 0.0745. The van der Waals surface area contributed by atoms with Gasteiger partial charge in [-0.2, -0.15) is 13.2 Å². The molecule has 108 valence electrons. The highest BCUT2D eigenvalue weighted by molar-refractivity contribution is 5.39. The van der Waals surface area contributed by atoms with Gasteiger partial charge in [0, 0.05) is 12.5 Å². The molecule has 1 unspecified atom stereocenters. The van der Waals surface area contributed by atoms with Crippen LogP contribution in [0.3, 0.4) is 0 Å².